The number of methoxy groups -OCH3 is 3. The van der Waals surface area contributed by atoms with Gasteiger partial charge in [0, 0.05) is 23.6 Å². The third kappa shape index (κ3) is 2.76. The lowest BCUT2D eigenvalue weighted by Gasteiger charge is -2.40. The number of hydrogen-bond acceptors (Lipinski definition) is 6. The number of carbonyl (C=O) groups is 1. The van der Waals surface area contributed by atoms with Crippen molar-refractivity contribution in [3.05, 3.63) is 45.4 Å². The highest BCUT2D eigenvalue weighted by Crippen LogP contribution is 2.45. The van der Waals surface area contributed by atoms with Gasteiger partial charge in [-0.2, -0.15) is 0 Å². The average Bonchev–Trinajstić information content (AvgIpc) is 2.98. The van der Waals surface area contributed by atoms with Gasteiger partial charge in [0.15, 0.2) is 11.5 Å². The zero-order chi connectivity index (χ0) is 19.1. The van der Waals surface area contributed by atoms with Crippen molar-refractivity contribution < 1.29 is 24.1 Å². The number of nitrogens with one attached hydrogen (secondary N) is 2. The highest BCUT2D eigenvalue weighted by Gasteiger charge is 2.51. The second-order valence-electron chi connectivity index (χ2n) is 6.60. The lowest BCUT2D eigenvalue weighted by atomic mass is 9.66. The second kappa shape index (κ2) is 6.53. The Kier molecular flexibility index (Phi) is 4.53. The third-order valence-electron chi connectivity index (χ3n) is 4.97. The number of esters is 1. The summed E-state index contributed by atoms with van der Waals surface area (Å²) < 4.78 is 15.5. The lowest BCUT2D eigenvalue weighted by Crippen LogP contribution is -2.49. The number of H-pyrrole nitrogens is 2. The van der Waals surface area contributed by atoms with Crippen LogP contribution in [0.4, 0.5) is 0 Å². The SMILES string of the molecule is COC(=O)[C@H]1[C@H](c2ccc(OC)c(OC)c2)c2c([nH][nH]c2=O)C[C@]1(C)O. The van der Waals surface area contributed by atoms with E-state index in [9.17, 15) is 14.7 Å². The van der Waals surface area contributed by atoms with Gasteiger partial charge >= 0.3 is 5.97 Å². The molecule has 1 aromatic heterocycles. The van der Waals surface area contributed by atoms with Crippen molar-refractivity contribution in [3.63, 3.8) is 0 Å². The first-order valence-corrected chi connectivity index (χ1v) is 8.15. The summed E-state index contributed by atoms with van der Waals surface area (Å²) in [5.41, 5.74) is -0.101. The van der Waals surface area contributed by atoms with E-state index >= 15 is 0 Å². The molecule has 3 rings (SSSR count). The molecule has 8 heteroatoms. The van der Waals surface area contributed by atoms with E-state index in [4.69, 9.17) is 14.2 Å². The van der Waals surface area contributed by atoms with Gasteiger partial charge in [-0.25, -0.2) is 0 Å². The summed E-state index contributed by atoms with van der Waals surface area (Å²) in [6, 6.07) is 5.16. The number of ether oxygens (including phenoxy) is 3. The largest absolute Gasteiger partial charge is 0.493 e. The van der Waals surface area contributed by atoms with E-state index in [1.165, 1.54) is 21.3 Å². The molecule has 140 valence electrons. The minimum Gasteiger partial charge on any atom is -0.493 e. The fourth-order valence-corrected chi connectivity index (χ4v) is 3.79. The number of rotatable bonds is 4. The predicted molar refractivity (Wildman–Crippen MR) is 92.6 cm³/mol. The number of benzene rings is 1. The van der Waals surface area contributed by atoms with Crippen LogP contribution in [0.15, 0.2) is 23.0 Å². The van der Waals surface area contributed by atoms with Crippen molar-refractivity contribution in [1.29, 1.82) is 0 Å². The molecule has 1 heterocycles. The minimum atomic E-state index is -1.40. The van der Waals surface area contributed by atoms with Gasteiger partial charge in [-0.3, -0.25) is 14.7 Å². The smallest absolute Gasteiger partial charge is 0.312 e. The van der Waals surface area contributed by atoms with Gasteiger partial charge in [0.05, 0.1) is 32.8 Å². The molecule has 0 amide bonds. The van der Waals surface area contributed by atoms with Crippen LogP contribution in [0.25, 0.3) is 0 Å². The summed E-state index contributed by atoms with van der Waals surface area (Å²) in [4.78, 5) is 24.9. The van der Waals surface area contributed by atoms with E-state index in [1.54, 1.807) is 25.1 Å². The number of fused-ring (bicyclic) bond motifs is 1. The maximum atomic E-state index is 12.5. The monoisotopic (exact) mass is 362 g/mol. The zero-order valence-electron chi connectivity index (χ0n) is 15.1. The van der Waals surface area contributed by atoms with Gasteiger partial charge in [0.2, 0.25) is 0 Å². The summed E-state index contributed by atoms with van der Waals surface area (Å²) in [5.74, 6) is -1.24. The topological polar surface area (TPSA) is 114 Å². The second-order valence-corrected chi connectivity index (χ2v) is 6.60. The molecule has 1 aromatic carbocycles. The summed E-state index contributed by atoms with van der Waals surface area (Å²) >= 11 is 0. The third-order valence-corrected chi connectivity index (χ3v) is 4.97. The number of aromatic nitrogens is 2. The Balaban J connectivity index is 2.25. The zero-order valence-corrected chi connectivity index (χ0v) is 15.1. The van der Waals surface area contributed by atoms with Crippen LogP contribution in [0, 0.1) is 5.92 Å². The molecule has 3 atom stereocenters. The molecular weight excluding hydrogens is 340 g/mol. The van der Waals surface area contributed by atoms with E-state index in [2.05, 4.69) is 10.2 Å². The van der Waals surface area contributed by atoms with Gasteiger partial charge in [-0.1, -0.05) is 6.07 Å². The molecule has 8 nitrogen and oxygen atoms in total. The Morgan fingerprint density at radius 3 is 2.50 bits per heavy atom. The quantitative estimate of drug-likeness (QED) is 0.698. The number of aromatic amines is 2. The molecule has 3 N–H and O–H groups in total. The van der Waals surface area contributed by atoms with E-state index in [-0.39, 0.29) is 12.0 Å². The Bertz CT molecular complexity index is 882. The number of carbonyl (C=O) groups excluding carboxylic acids is 1. The highest BCUT2D eigenvalue weighted by atomic mass is 16.5. The molecule has 0 spiro atoms. The maximum Gasteiger partial charge on any atom is 0.312 e. The molecule has 0 aliphatic heterocycles. The average molecular weight is 362 g/mol. The molecule has 2 aromatic rings. The maximum absolute atomic E-state index is 12.5. The van der Waals surface area contributed by atoms with Gasteiger partial charge in [-0.05, 0) is 24.6 Å². The molecule has 0 fully saturated rings. The molecular formula is C18H22N2O6. The van der Waals surface area contributed by atoms with Crippen molar-refractivity contribution in [1.82, 2.24) is 10.2 Å². The van der Waals surface area contributed by atoms with Crippen LogP contribution in [0.3, 0.4) is 0 Å². The standard InChI is InChI=1S/C18H22N2O6/c1-18(23)8-10-14(16(21)20-19-10)13(15(18)17(22)26-4)9-5-6-11(24-2)12(7-9)25-3/h5-7,13,15,23H,8H2,1-4H3,(H2,19,20,21)/t13-,15-,18+/m1/s1. The molecule has 1 aliphatic carbocycles. The van der Waals surface area contributed by atoms with Crippen LogP contribution in [0.5, 0.6) is 11.5 Å². The predicted octanol–water partition coefficient (Wildman–Crippen LogP) is 0.948. The van der Waals surface area contributed by atoms with E-state index in [0.717, 1.165) is 0 Å². The summed E-state index contributed by atoms with van der Waals surface area (Å²) in [6.07, 6.45) is 0.130. The van der Waals surface area contributed by atoms with Crippen LogP contribution in [-0.2, 0) is 16.0 Å². The Morgan fingerprint density at radius 2 is 1.88 bits per heavy atom. The normalized spacial score (nSPS) is 24.7. The van der Waals surface area contributed by atoms with E-state index in [1.807, 2.05) is 0 Å². The van der Waals surface area contributed by atoms with Crippen LogP contribution in [-0.4, -0.2) is 48.2 Å². The Labute approximate surface area is 150 Å². The first-order chi connectivity index (χ1) is 12.3. The molecule has 0 bridgehead atoms. The van der Waals surface area contributed by atoms with Gasteiger partial charge < -0.3 is 24.4 Å². The molecule has 1 aliphatic rings. The minimum absolute atomic E-state index is 0.130. The fraction of sp³-hybridized carbons (Fsp3) is 0.444. The van der Waals surface area contributed by atoms with Crippen LogP contribution in [0.2, 0.25) is 0 Å². The van der Waals surface area contributed by atoms with Crippen LogP contribution >= 0.6 is 0 Å². The Hall–Kier alpha value is -2.74. The first kappa shape index (κ1) is 18.1. The first-order valence-electron chi connectivity index (χ1n) is 8.15. The van der Waals surface area contributed by atoms with Gasteiger partial charge in [-0.15, -0.1) is 0 Å². The summed E-state index contributed by atoms with van der Waals surface area (Å²) in [6.45, 7) is 1.57. The van der Waals surface area contributed by atoms with E-state index < -0.39 is 23.4 Å². The van der Waals surface area contributed by atoms with E-state index in [0.29, 0.717) is 28.3 Å². The molecule has 0 saturated heterocycles. The summed E-state index contributed by atoms with van der Waals surface area (Å²) in [7, 11) is 4.29. The summed E-state index contributed by atoms with van der Waals surface area (Å²) in [5, 5.41) is 16.3. The fourth-order valence-electron chi connectivity index (χ4n) is 3.79. The number of hydrogen-bond donors (Lipinski definition) is 3. The van der Waals surface area contributed by atoms with Crippen molar-refractivity contribution in [2.45, 2.75) is 24.9 Å². The lowest BCUT2D eigenvalue weighted by molar-refractivity contribution is -0.156. The van der Waals surface area contributed by atoms with Crippen molar-refractivity contribution >= 4 is 5.97 Å². The highest BCUT2D eigenvalue weighted by molar-refractivity contribution is 5.77. The van der Waals surface area contributed by atoms with Gasteiger partial charge in [0.1, 0.15) is 0 Å². The molecule has 0 saturated carbocycles. The van der Waals surface area contributed by atoms with Crippen molar-refractivity contribution in [2.75, 3.05) is 21.3 Å². The van der Waals surface area contributed by atoms with Crippen LogP contribution < -0.4 is 15.0 Å². The molecule has 0 unspecified atom stereocenters. The number of aliphatic hydroxyl groups is 1. The Morgan fingerprint density at radius 1 is 1.19 bits per heavy atom. The van der Waals surface area contributed by atoms with Crippen LogP contribution in [0.1, 0.15) is 29.7 Å². The van der Waals surface area contributed by atoms with Crippen molar-refractivity contribution in [2.24, 2.45) is 5.92 Å². The van der Waals surface area contributed by atoms with Gasteiger partial charge in [0.25, 0.3) is 5.56 Å². The molecule has 26 heavy (non-hydrogen) atoms. The molecule has 0 radical (unpaired) electrons. The van der Waals surface area contributed by atoms with Crippen molar-refractivity contribution in [3.8, 4) is 11.5 Å².